The Kier molecular flexibility index (Phi) is 3.89. The van der Waals surface area contributed by atoms with Crippen molar-refractivity contribution in [2.45, 2.75) is 13.8 Å². The summed E-state index contributed by atoms with van der Waals surface area (Å²) in [7, 11) is 0. The van der Waals surface area contributed by atoms with Gasteiger partial charge in [-0.05, 0) is 43.2 Å². The van der Waals surface area contributed by atoms with Crippen molar-refractivity contribution in [1.82, 2.24) is 0 Å². The predicted octanol–water partition coefficient (Wildman–Crippen LogP) is 3.29. The lowest BCUT2D eigenvalue weighted by Crippen LogP contribution is -2.12. The van der Waals surface area contributed by atoms with Gasteiger partial charge in [0.25, 0.3) is 0 Å². The highest BCUT2D eigenvalue weighted by atomic mass is 16.6. The number of nitro benzene ring substituents is 1. The SMILES string of the molecule is Cc1cc(Oc2c(C)cccc2[N+](=O)[O-])ccc1C(=N)N. The Labute approximate surface area is 121 Å². The second-order valence-electron chi connectivity index (χ2n) is 4.67. The maximum absolute atomic E-state index is 11.1. The number of benzene rings is 2. The smallest absolute Gasteiger partial charge is 0.311 e. The van der Waals surface area contributed by atoms with E-state index in [4.69, 9.17) is 15.9 Å². The fourth-order valence-electron chi connectivity index (χ4n) is 2.03. The van der Waals surface area contributed by atoms with Gasteiger partial charge in [0.1, 0.15) is 11.6 Å². The first-order valence-electron chi connectivity index (χ1n) is 6.27. The van der Waals surface area contributed by atoms with Crippen molar-refractivity contribution >= 4 is 11.5 Å². The maximum Gasteiger partial charge on any atom is 0.311 e. The van der Waals surface area contributed by atoms with Gasteiger partial charge in [0.2, 0.25) is 5.75 Å². The van der Waals surface area contributed by atoms with Gasteiger partial charge in [0.05, 0.1) is 4.92 Å². The molecule has 0 unspecified atom stereocenters. The third kappa shape index (κ3) is 3.00. The molecule has 21 heavy (non-hydrogen) atoms. The van der Waals surface area contributed by atoms with Crippen molar-refractivity contribution in [3.63, 3.8) is 0 Å². The molecule has 2 rings (SSSR count). The first kappa shape index (κ1) is 14.5. The molecular formula is C15H15N3O3. The Morgan fingerprint density at radius 3 is 2.52 bits per heavy atom. The van der Waals surface area contributed by atoms with Crippen LogP contribution in [-0.2, 0) is 0 Å². The summed E-state index contributed by atoms with van der Waals surface area (Å²) in [5.74, 6) is 0.660. The monoisotopic (exact) mass is 285 g/mol. The highest BCUT2D eigenvalue weighted by Gasteiger charge is 2.18. The third-order valence-electron chi connectivity index (χ3n) is 3.10. The highest BCUT2D eigenvalue weighted by Crippen LogP contribution is 2.34. The quantitative estimate of drug-likeness (QED) is 0.389. The molecule has 0 spiro atoms. The van der Waals surface area contributed by atoms with Gasteiger partial charge in [-0.2, -0.15) is 0 Å². The number of nitrogens with two attached hydrogens (primary N) is 1. The summed E-state index contributed by atoms with van der Waals surface area (Å²) in [6.07, 6.45) is 0. The number of rotatable bonds is 4. The average Bonchev–Trinajstić information content (AvgIpc) is 2.40. The lowest BCUT2D eigenvalue weighted by Gasteiger charge is -2.11. The van der Waals surface area contributed by atoms with Crippen LogP contribution in [0, 0.1) is 29.4 Å². The van der Waals surface area contributed by atoms with E-state index in [1.807, 2.05) is 0 Å². The minimum absolute atomic E-state index is 0.0269. The summed E-state index contributed by atoms with van der Waals surface area (Å²) in [5, 5.41) is 18.5. The molecule has 0 aliphatic rings. The zero-order valence-corrected chi connectivity index (χ0v) is 11.7. The molecule has 2 aromatic rings. The number of nitrogens with zero attached hydrogens (tertiary/aromatic N) is 1. The van der Waals surface area contributed by atoms with Crippen molar-refractivity contribution in [1.29, 1.82) is 5.41 Å². The van der Waals surface area contributed by atoms with Crippen molar-refractivity contribution in [2.75, 3.05) is 0 Å². The topological polar surface area (TPSA) is 102 Å². The first-order chi connectivity index (χ1) is 9.90. The van der Waals surface area contributed by atoms with E-state index in [1.165, 1.54) is 6.07 Å². The molecule has 0 aromatic heterocycles. The molecule has 6 nitrogen and oxygen atoms in total. The lowest BCUT2D eigenvalue weighted by molar-refractivity contribution is -0.385. The molecule has 2 aromatic carbocycles. The van der Waals surface area contributed by atoms with E-state index < -0.39 is 4.92 Å². The number of ether oxygens (including phenoxy) is 1. The number of para-hydroxylation sites is 1. The molecule has 6 heteroatoms. The molecule has 3 N–H and O–H groups in total. The molecule has 0 aliphatic carbocycles. The number of hydrogen-bond acceptors (Lipinski definition) is 4. The molecule has 0 bridgehead atoms. The van der Waals surface area contributed by atoms with Crippen LogP contribution in [0.3, 0.4) is 0 Å². The van der Waals surface area contributed by atoms with Crippen molar-refractivity contribution in [2.24, 2.45) is 5.73 Å². The number of nitro groups is 1. The standard InChI is InChI=1S/C15H15N3O3/c1-9-4-3-5-13(18(19)20)14(9)21-11-6-7-12(15(16)17)10(2)8-11/h3-8H,1-2H3,(H3,16,17). The molecule has 0 saturated carbocycles. The molecule has 0 atom stereocenters. The number of nitrogen functional groups attached to an aromatic ring is 1. The largest absolute Gasteiger partial charge is 0.450 e. The van der Waals surface area contributed by atoms with E-state index >= 15 is 0 Å². The van der Waals surface area contributed by atoms with Crippen molar-refractivity contribution in [3.05, 3.63) is 63.2 Å². The van der Waals surface area contributed by atoms with Gasteiger partial charge in [-0.15, -0.1) is 0 Å². The van der Waals surface area contributed by atoms with Crippen LogP contribution in [0.25, 0.3) is 0 Å². The van der Waals surface area contributed by atoms with Gasteiger partial charge in [-0.3, -0.25) is 15.5 Å². The van der Waals surface area contributed by atoms with Gasteiger partial charge in [0, 0.05) is 11.6 Å². The van der Waals surface area contributed by atoms with Crippen LogP contribution in [0.4, 0.5) is 5.69 Å². The first-order valence-corrected chi connectivity index (χ1v) is 6.27. The van der Waals surface area contributed by atoms with E-state index in [1.54, 1.807) is 44.2 Å². The second kappa shape index (κ2) is 5.62. The summed E-state index contributed by atoms with van der Waals surface area (Å²) >= 11 is 0. The molecule has 0 amide bonds. The zero-order chi connectivity index (χ0) is 15.6. The minimum Gasteiger partial charge on any atom is -0.450 e. The fraction of sp³-hybridized carbons (Fsp3) is 0.133. The van der Waals surface area contributed by atoms with Crippen LogP contribution >= 0.6 is 0 Å². The van der Waals surface area contributed by atoms with E-state index in [-0.39, 0.29) is 17.3 Å². The van der Waals surface area contributed by atoms with E-state index in [0.29, 0.717) is 16.9 Å². The summed E-state index contributed by atoms with van der Waals surface area (Å²) in [6, 6.07) is 9.77. The minimum atomic E-state index is -0.473. The van der Waals surface area contributed by atoms with Crippen LogP contribution in [0.2, 0.25) is 0 Å². The van der Waals surface area contributed by atoms with Crippen LogP contribution in [0.15, 0.2) is 36.4 Å². The van der Waals surface area contributed by atoms with Crippen molar-refractivity contribution in [3.8, 4) is 11.5 Å². The number of hydrogen-bond donors (Lipinski definition) is 2. The van der Waals surface area contributed by atoms with E-state index in [2.05, 4.69) is 0 Å². The third-order valence-corrected chi connectivity index (χ3v) is 3.10. The Morgan fingerprint density at radius 2 is 1.95 bits per heavy atom. The fourth-order valence-corrected chi connectivity index (χ4v) is 2.03. The highest BCUT2D eigenvalue weighted by molar-refractivity contribution is 5.96. The summed E-state index contributed by atoms with van der Waals surface area (Å²) in [5.41, 5.74) is 7.44. The number of nitrogens with one attached hydrogen (secondary N) is 1. The summed E-state index contributed by atoms with van der Waals surface area (Å²) in [6.45, 7) is 3.55. The zero-order valence-electron chi connectivity index (χ0n) is 11.7. The molecule has 0 saturated heterocycles. The van der Waals surface area contributed by atoms with Crippen LogP contribution in [-0.4, -0.2) is 10.8 Å². The van der Waals surface area contributed by atoms with Crippen LogP contribution in [0.5, 0.6) is 11.5 Å². The summed E-state index contributed by atoms with van der Waals surface area (Å²) < 4.78 is 5.66. The Balaban J connectivity index is 2.41. The number of amidine groups is 1. The molecule has 0 radical (unpaired) electrons. The predicted molar refractivity (Wildman–Crippen MR) is 80.1 cm³/mol. The van der Waals surface area contributed by atoms with Gasteiger partial charge in [-0.25, -0.2) is 0 Å². The number of aryl methyl sites for hydroxylation is 2. The Bertz CT molecular complexity index is 726. The molecule has 0 aliphatic heterocycles. The van der Waals surface area contributed by atoms with Gasteiger partial charge >= 0.3 is 5.69 Å². The van der Waals surface area contributed by atoms with Crippen molar-refractivity contribution < 1.29 is 9.66 Å². The van der Waals surface area contributed by atoms with Gasteiger partial charge in [0.15, 0.2) is 0 Å². The van der Waals surface area contributed by atoms with E-state index in [9.17, 15) is 10.1 Å². The maximum atomic E-state index is 11.1. The molecule has 0 fully saturated rings. The molecular weight excluding hydrogens is 270 g/mol. The molecule has 108 valence electrons. The Morgan fingerprint density at radius 1 is 1.24 bits per heavy atom. The average molecular weight is 285 g/mol. The molecule has 0 heterocycles. The van der Waals surface area contributed by atoms with Crippen LogP contribution in [0.1, 0.15) is 16.7 Å². The van der Waals surface area contributed by atoms with Gasteiger partial charge < -0.3 is 10.5 Å². The summed E-state index contributed by atoms with van der Waals surface area (Å²) in [4.78, 5) is 10.6. The normalized spacial score (nSPS) is 10.2. The lowest BCUT2D eigenvalue weighted by atomic mass is 10.1. The van der Waals surface area contributed by atoms with Crippen LogP contribution < -0.4 is 10.5 Å². The van der Waals surface area contributed by atoms with E-state index in [0.717, 1.165) is 5.56 Å². The second-order valence-corrected chi connectivity index (χ2v) is 4.67. The van der Waals surface area contributed by atoms with Gasteiger partial charge in [-0.1, -0.05) is 12.1 Å². The Hall–Kier alpha value is -2.89.